The summed E-state index contributed by atoms with van der Waals surface area (Å²) < 4.78 is 0. The van der Waals surface area contributed by atoms with Gasteiger partial charge in [0, 0.05) is 13.2 Å². The largest absolute Gasteiger partial charge is 0.396 e. The molecule has 0 spiro atoms. The molecule has 4 heteroatoms. The second-order valence-electron chi connectivity index (χ2n) is 3.91. The molecule has 0 bridgehead atoms. The van der Waals surface area contributed by atoms with Gasteiger partial charge >= 0.3 is 0 Å². The normalized spacial score (nSPS) is 12.9. The van der Waals surface area contributed by atoms with Crippen LogP contribution in [0.15, 0.2) is 16.8 Å². The lowest BCUT2D eigenvalue weighted by molar-refractivity contribution is 0.175. The lowest BCUT2D eigenvalue weighted by atomic mass is 10.2. The maximum absolute atomic E-state index is 9.76. The van der Waals surface area contributed by atoms with Crippen molar-refractivity contribution < 1.29 is 10.2 Å². The second-order valence-corrected chi connectivity index (χ2v) is 4.69. The smallest absolute Gasteiger partial charge is 0.0922 e. The molecule has 1 aromatic rings. The van der Waals surface area contributed by atoms with Gasteiger partial charge in [-0.25, -0.2) is 0 Å². The number of hydrogen-bond acceptors (Lipinski definition) is 4. The highest BCUT2D eigenvalue weighted by atomic mass is 32.1. The highest BCUT2D eigenvalue weighted by Gasteiger charge is 2.06. The van der Waals surface area contributed by atoms with E-state index in [9.17, 15) is 5.11 Å². The zero-order valence-electron chi connectivity index (χ0n) is 9.56. The summed E-state index contributed by atoms with van der Waals surface area (Å²) in [7, 11) is 0. The summed E-state index contributed by atoms with van der Waals surface area (Å²) >= 11 is 1.61. The summed E-state index contributed by atoms with van der Waals surface area (Å²) in [6, 6.07) is 1.96. The average molecular weight is 243 g/mol. The van der Waals surface area contributed by atoms with Crippen molar-refractivity contribution in [1.29, 1.82) is 0 Å². The van der Waals surface area contributed by atoms with Gasteiger partial charge in [-0.3, -0.25) is 0 Å². The van der Waals surface area contributed by atoms with Gasteiger partial charge < -0.3 is 15.5 Å². The van der Waals surface area contributed by atoms with E-state index in [1.54, 1.807) is 11.3 Å². The van der Waals surface area contributed by atoms with E-state index in [1.807, 2.05) is 16.8 Å². The van der Waals surface area contributed by atoms with Crippen molar-refractivity contribution >= 4 is 11.3 Å². The summed E-state index contributed by atoms with van der Waals surface area (Å²) in [4.78, 5) is 0. The van der Waals surface area contributed by atoms with Crippen molar-refractivity contribution in [3.8, 4) is 0 Å². The minimum Gasteiger partial charge on any atom is -0.396 e. The zero-order chi connectivity index (χ0) is 11.6. The molecule has 1 aromatic heterocycles. The molecule has 16 heavy (non-hydrogen) atoms. The molecule has 0 radical (unpaired) electrons. The van der Waals surface area contributed by atoms with Crippen molar-refractivity contribution in [3.63, 3.8) is 0 Å². The van der Waals surface area contributed by atoms with Gasteiger partial charge in [-0.05, 0) is 41.8 Å². The van der Waals surface area contributed by atoms with Gasteiger partial charge in [-0.15, -0.1) is 0 Å². The summed E-state index contributed by atoms with van der Waals surface area (Å²) in [5.74, 6) is 0. The van der Waals surface area contributed by atoms with Crippen LogP contribution in [0, 0.1) is 0 Å². The van der Waals surface area contributed by atoms with Gasteiger partial charge in [0.15, 0.2) is 0 Å². The predicted molar refractivity (Wildman–Crippen MR) is 67.7 cm³/mol. The molecule has 3 nitrogen and oxygen atoms in total. The Labute approximate surface area is 101 Å². The van der Waals surface area contributed by atoms with E-state index in [4.69, 9.17) is 5.11 Å². The maximum atomic E-state index is 9.76. The first-order chi connectivity index (χ1) is 7.84. The molecule has 1 heterocycles. The second kappa shape index (κ2) is 8.70. The lowest BCUT2D eigenvalue weighted by Crippen LogP contribution is -2.22. The molecule has 0 aliphatic rings. The van der Waals surface area contributed by atoms with E-state index in [0.29, 0.717) is 13.2 Å². The Bertz CT molecular complexity index is 252. The number of hydrogen-bond donors (Lipinski definition) is 3. The fourth-order valence-corrected chi connectivity index (χ4v) is 2.24. The van der Waals surface area contributed by atoms with E-state index < -0.39 is 0 Å². The van der Waals surface area contributed by atoms with Crippen molar-refractivity contribution in [2.24, 2.45) is 0 Å². The Morgan fingerprint density at radius 1 is 1.25 bits per heavy atom. The van der Waals surface area contributed by atoms with Crippen LogP contribution in [0.3, 0.4) is 0 Å². The van der Waals surface area contributed by atoms with E-state index in [2.05, 4.69) is 5.32 Å². The van der Waals surface area contributed by atoms with Crippen LogP contribution < -0.4 is 5.32 Å². The van der Waals surface area contributed by atoms with Crippen LogP contribution in [0.1, 0.15) is 37.4 Å². The van der Waals surface area contributed by atoms with Crippen LogP contribution in [0.2, 0.25) is 0 Å². The Hall–Kier alpha value is -0.420. The maximum Gasteiger partial charge on any atom is 0.0922 e. The van der Waals surface area contributed by atoms with Gasteiger partial charge in [0.1, 0.15) is 0 Å². The minimum absolute atomic E-state index is 0.296. The standard InChI is InChI=1S/C12H21NO2S/c14-7-4-2-1-3-6-13-9-12(15)11-5-8-16-10-11/h5,8,10,12-15H,1-4,6-7,9H2. The van der Waals surface area contributed by atoms with Crippen LogP contribution in [0.5, 0.6) is 0 Å². The Kier molecular flexibility index (Phi) is 7.42. The first-order valence-electron chi connectivity index (χ1n) is 5.86. The van der Waals surface area contributed by atoms with Crippen LogP contribution in [0.4, 0.5) is 0 Å². The molecule has 1 rings (SSSR count). The number of nitrogens with one attached hydrogen (secondary N) is 1. The predicted octanol–water partition coefficient (Wildman–Crippen LogP) is 1.92. The molecule has 0 aliphatic heterocycles. The molecule has 3 N–H and O–H groups in total. The van der Waals surface area contributed by atoms with Gasteiger partial charge in [0.25, 0.3) is 0 Å². The molecule has 0 amide bonds. The number of aliphatic hydroxyl groups excluding tert-OH is 2. The fraction of sp³-hybridized carbons (Fsp3) is 0.667. The average Bonchev–Trinajstić information content (AvgIpc) is 2.81. The van der Waals surface area contributed by atoms with Crippen molar-refractivity contribution in [2.75, 3.05) is 19.7 Å². The van der Waals surface area contributed by atoms with Crippen molar-refractivity contribution in [2.45, 2.75) is 31.8 Å². The monoisotopic (exact) mass is 243 g/mol. The molecular formula is C12H21NO2S. The number of unbranched alkanes of at least 4 members (excludes halogenated alkanes) is 3. The van der Waals surface area contributed by atoms with Crippen molar-refractivity contribution in [1.82, 2.24) is 5.32 Å². The highest BCUT2D eigenvalue weighted by molar-refractivity contribution is 7.07. The Morgan fingerprint density at radius 2 is 2.06 bits per heavy atom. The fourth-order valence-electron chi connectivity index (χ4n) is 1.54. The summed E-state index contributed by atoms with van der Waals surface area (Å²) in [5, 5.41) is 25.6. The molecule has 0 saturated carbocycles. The molecule has 92 valence electrons. The Balaban J connectivity index is 1.95. The molecule has 1 atom stereocenters. The topological polar surface area (TPSA) is 52.5 Å². The summed E-state index contributed by atoms with van der Waals surface area (Å²) in [5.41, 5.74) is 0.998. The SMILES string of the molecule is OCCCCCCNCC(O)c1ccsc1. The molecule has 0 saturated heterocycles. The molecule has 1 unspecified atom stereocenters. The molecule has 0 aliphatic carbocycles. The zero-order valence-corrected chi connectivity index (χ0v) is 10.4. The molecular weight excluding hydrogens is 222 g/mol. The summed E-state index contributed by atoms with van der Waals surface area (Å²) in [6.45, 7) is 1.85. The third kappa shape index (κ3) is 5.61. The van der Waals surface area contributed by atoms with Crippen LogP contribution in [-0.4, -0.2) is 29.9 Å². The molecule has 0 aromatic carbocycles. The van der Waals surface area contributed by atoms with Gasteiger partial charge in [0.2, 0.25) is 0 Å². The van der Waals surface area contributed by atoms with Crippen LogP contribution in [-0.2, 0) is 0 Å². The van der Waals surface area contributed by atoms with E-state index in [-0.39, 0.29) is 6.10 Å². The van der Waals surface area contributed by atoms with Crippen molar-refractivity contribution in [3.05, 3.63) is 22.4 Å². The first-order valence-corrected chi connectivity index (χ1v) is 6.80. The van der Waals surface area contributed by atoms with E-state index >= 15 is 0 Å². The highest BCUT2D eigenvalue weighted by Crippen LogP contribution is 2.14. The number of aliphatic hydroxyl groups is 2. The van der Waals surface area contributed by atoms with Gasteiger partial charge in [0.05, 0.1) is 6.10 Å². The first kappa shape index (κ1) is 13.6. The van der Waals surface area contributed by atoms with Gasteiger partial charge in [-0.2, -0.15) is 11.3 Å². The van der Waals surface area contributed by atoms with E-state index in [1.165, 1.54) is 0 Å². The van der Waals surface area contributed by atoms with E-state index in [0.717, 1.165) is 37.8 Å². The van der Waals surface area contributed by atoms with Crippen LogP contribution >= 0.6 is 11.3 Å². The summed E-state index contributed by atoms with van der Waals surface area (Å²) in [6.07, 6.45) is 3.85. The Morgan fingerprint density at radius 3 is 2.75 bits per heavy atom. The van der Waals surface area contributed by atoms with Gasteiger partial charge in [-0.1, -0.05) is 12.8 Å². The minimum atomic E-state index is -0.385. The quantitative estimate of drug-likeness (QED) is 0.581. The number of thiophene rings is 1. The van der Waals surface area contributed by atoms with Crippen LogP contribution in [0.25, 0.3) is 0 Å². The lowest BCUT2D eigenvalue weighted by Gasteiger charge is -2.10. The third-order valence-electron chi connectivity index (χ3n) is 2.53. The molecule has 0 fully saturated rings. The number of rotatable bonds is 9. The third-order valence-corrected chi connectivity index (χ3v) is 3.23.